The van der Waals surface area contributed by atoms with Crippen LogP contribution in [0.1, 0.15) is 11.6 Å². The Labute approximate surface area is 109 Å². The van der Waals surface area contributed by atoms with E-state index in [1.54, 1.807) is 6.08 Å². The molecule has 0 bridgehead atoms. The Morgan fingerprint density at radius 1 is 1.37 bits per heavy atom. The van der Waals surface area contributed by atoms with E-state index in [0.29, 0.717) is 29.1 Å². The number of para-hydroxylation sites is 2. The van der Waals surface area contributed by atoms with Crippen LogP contribution in [0.4, 0.5) is 5.82 Å². The van der Waals surface area contributed by atoms with Crippen molar-refractivity contribution in [2.45, 2.75) is 5.92 Å². The van der Waals surface area contributed by atoms with Gasteiger partial charge in [-0.1, -0.05) is 18.2 Å². The molecule has 3 rings (SSSR count). The highest BCUT2D eigenvalue weighted by Gasteiger charge is 2.39. The molecule has 0 radical (unpaired) electrons. The summed E-state index contributed by atoms with van der Waals surface area (Å²) in [7, 11) is 0. The number of hydrogen-bond acceptors (Lipinski definition) is 4. The van der Waals surface area contributed by atoms with Gasteiger partial charge in [0, 0.05) is 6.54 Å². The smallest absolute Gasteiger partial charge is 0.252 e. The molecule has 1 amide bonds. The van der Waals surface area contributed by atoms with E-state index in [2.05, 4.69) is 16.5 Å². The summed E-state index contributed by atoms with van der Waals surface area (Å²) in [5.41, 5.74) is 1.84. The summed E-state index contributed by atoms with van der Waals surface area (Å²) in [6, 6.07) is 9.36. The molecule has 0 N–H and O–H groups in total. The van der Waals surface area contributed by atoms with E-state index >= 15 is 0 Å². The first kappa shape index (κ1) is 11.4. The van der Waals surface area contributed by atoms with Crippen molar-refractivity contribution in [3.05, 3.63) is 42.6 Å². The summed E-state index contributed by atoms with van der Waals surface area (Å²) in [5.74, 6) is -0.685. The van der Waals surface area contributed by atoms with Gasteiger partial charge in [-0.25, -0.2) is 9.97 Å². The molecule has 5 nitrogen and oxygen atoms in total. The first-order valence-electron chi connectivity index (χ1n) is 5.85. The Morgan fingerprint density at radius 2 is 2.05 bits per heavy atom. The first-order valence-corrected chi connectivity index (χ1v) is 5.85. The van der Waals surface area contributed by atoms with Crippen molar-refractivity contribution in [2.75, 3.05) is 11.4 Å². The van der Waals surface area contributed by atoms with Gasteiger partial charge in [-0.3, -0.25) is 9.69 Å². The Balaban J connectivity index is 2.27. The molecular formula is C14H10N4O. The maximum atomic E-state index is 12.1. The number of anilines is 1. The minimum absolute atomic E-state index is 0.285. The summed E-state index contributed by atoms with van der Waals surface area (Å²) < 4.78 is 0. The van der Waals surface area contributed by atoms with E-state index in [-0.39, 0.29) is 5.91 Å². The second-order valence-corrected chi connectivity index (χ2v) is 4.22. The molecule has 1 aliphatic rings. The maximum absolute atomic E-state index is 12.1. The summed E-state index contributed by atoms with van der Waals surface area (Å²) in [5, 5.41) is 9.15. The summed E-state index contributed by atoms with van der Waals surface area (Å²) in [6.45, 7) is 3.95. The van der Waals surface area contributed by atoms with Crippen LogP contribution in [-0.4, -0.2) is 22.4 Å². The van der Waals surface area contributed by atoms with Crippen LogP contribution in [0, 0.1) is 11.3 Å². The highest BCUT2D eigenvalue weighted by atomic mass is 16.2. The van der Waals surface area contributed by atoms with Crippen molar-refractivity contribution < 1.29 is 4.79 Å². The normalized spacial score (nSPS) is 17.3. The second kappa shape index (κ2) is 4.18. The number of nitriles is 1. The lowest BCUT2D eigenvalue weighted by molar-refractivity contribution is -0.118. The van der Waals surface area contributed by atoms with Crippen molar-refractivity contribution in [3.63, 3.8) is 0 Å². The minimum atomic E-state index is -0.868. The van der Waals surface area contributed by atoms with Crippen molar-refractivity contribution in [3.8, 4) is 6.07 Å². The van der Waals surface area contributed by atoms with Gasteiger partial charge in [0.1, 0.15) is 5.69 Å². The first-order chi connectivity index (χ1) is 9.26. The van der Waals surface area contributed by atoms with Crippen molar-refractivity contribution in [1.82, 2.24) is 9.97 Å². The Kier molecular flexibility index (Phi) is 2.50. The average molecular weight is 250 g/mol. The number of carbonyl (C=O) groups excluding carboxylic acids is 1. The molecule has 1 aromatic carbocycles. The van der Waals surface area contributed by atoms with Crippen molar-refractivity contribution >= 4 is 22.8 Å². The van der Waals surface area contributed by atoms with Crippen LogP contribution in [0.2, 0.25) is 0 Å². The lowest BCUT2D eigenvalue weighted by Gasteiger charge is -2.13. The number of benzene rings is 1. The molecule has 0 unspecified atom stereocenters. The van der Waals surface area contributed by atoms with Gasteiger partial charge in [-0.2, -0.15) is 5.26 Å². The fourth-order valence-electron chi connectivity index (χ4n) is 2.20. The molecule has 2 aromatic rings. The van der Waals surface area contributed by atoms with E-state index in [1.807, 2.05) is 30.3 Å². The predicted molar refractivity (Wildman–Crippen MR) is 70.4 cm³/mol. The molecular weight excluding hydrogens is 240 g/mol. The molecule has 0 aliphatic carbocycles. The second-order valence-electron chi connectivity index (χ2n) is 4.22. The number of amides is 1. The van der Waals surface area contributed by atoms with Crippen molar-refractivity contribution in [1.29, 1.82) is 5.26 Å². The van der Waals surface area contributed by atoms with E-state index in [1.165, 1.54) is 4.90 Å². The lowest BCUT2D eigenvalue weighted by atomic mass is 10.1. The minimum Gasteiger partial charge on any atom is -0.290 e. The summed E-state index contributed by atoms with van der Waals surface area (Å²) in [4.78, 5) is 22.4. The van der Waals surface area contributed by atoms with E-state index in [0.717, 1.165) is 0 Å². The van der Waals surface area contributed by atoms with Gasteiger partial charge in [-0.15, -0.1) is 6.58 Å². The van der Waals surface area contributed by atoms with Crippen LogP contribution < -0.4 is 4.90 Å². The zero-order valence-corrected chi connectivity index (χ0v) is 10.1. The Hall–Kier alpha value is -2.74. The Bertz CT molecular complexity index is 732. The van der Waals surface area contributed by atoms with Crippen LogP contribution in [0.25, 0.3) is 11.0 Å². The molecule has 1 aromatic heterocycles. The van der Waals surface area contributed by atoms with Crippen LogP contribution >= 0.6 is 0 Å². The standard InChI is InChI=1S/C14H10N4O/c1-2-7-18-13-12(9(8-15)14(18)19)16-10-5-3-4-6-11(10)17-13/h2-6,9H,1,7H2/t9-/m1/s1. The molecule has 0 spiro atoms. The Morgan fingerprint density at radius 3 is 2.68 bits per heavy atom. The van der Waals surface area contributed by atoms with Gasteiger partial charge in [0.2, 0.25) is 0 Å². The summed E-state index contributed by atoms with van der Waals surface area (Å²) >= 11 is 0. The van der Waals surface area contributed by atoms with Gasteiger partial charge < -0.3 is 0 Å². The van der Waals surface area contributed by atoms with Crippen LogP contribution in [0.3, 0.4) is 0 Å². The molecule has 92 valence electrons. The topological polar surface area (TPSA) is 69.9 Å². The molecule has 0 saturated heterocycles. The highest BCUT2D eigenvalue weighted by molar-refractivity contribution is 6.06. The number of hydrogen-bond donors (Lipinski definition) is 0. The van der Waals surface area contributed by atoms with Gasteiger partial charge in [0.15, 0.2) is 11.7 Å². The predicted octanol–water partition coefficient (Wildman–Crippen LogP) is 1.77. The fourth-order valence-corrected chi connectivity index (χ4v) is 2.20. The number of rotatable bonds is 2. The highest BCUT2D eigenvalue weighted by Crippen LogP contribution is 2.35. The maximum Gasteiger partial charge on any atom is 0.252 e. The SMILES string of the molecule is C=CCN1C(=O)[C@H](C#N)c2nc3ccccc3nc21. The molecule has 0 fully saturated rings. The van der Waals surface area contributed by atoms with Gasteiger partial charge in [0.05, 0.1) is 17.1 Å². The zero-order valence-electron chi connectivity index (χ0n) is 10.1. The van der Waals surface area contributed by atoms with Gasteiger partial charge in [-0.05, 0) is 12.1 Å². The third-order valence-corrected chi connectivity index (χ3v) is 3.06. The van der Waals surface area contributed by atoms with Gasteiger partial charge >= 0.3 is 0 Å². The number of aromatic nitrogens is 2. The molecule has 1 aliphatic heterocycles. The van der Waals surface area contributed by atoms with Crippen LogP contribution in [0.5, 0.6) is 0 Å². The zero-order chi connectivity index (χ0) is 13.4. The molecule has 2 heterocycles. The average Bonchev–Trinajstić information content (AvgIpc) is 2.69. The number of fused-ring (bicyclic) bond motifs is 2. The fraction of sp³-hybridized carbons (Fsp3) is 0.143. The quantitative estimate of drug-likeness (QED) is 0.761. The van der Waals surface area contributed by atoms with E-state index < -0.39 is 5.92 Å². The third-order valence-electron chi connectivity index (χ3n) is 3.06. The van der Waals surface area contributed by atoms with Crippen LogP contribution in [-0.2, 0) is 4.79 Å². The monoisotopic (exact) mass is 250 g/mol. The molecule has 5 heteroatoms. The van der Waals surface area contributed by atoms with Crippen molar-refractivity contribution in [2.24, 2.45) is 0 Å². The third kappa shape index (κ3) is 1.58. The number of carbonyl (C=O) groups is 1. The summed E-state index contributed by atoms with van der Waals surface area (Å²) in [6.07, 6.45) is 1.61. The molecule has 19 heavy (non-hydrogen) atoms. The van der Waals surface area contributed by atoms with E-state index in [4.69, 9.17) is 5.26 Å². The van der Waals surface area contributed by atoms with Crippen LogP contribution in [0.15, 0.2) is 36.9 Å². The van der Waals surface area contributed by atoms with Gasteiger partial charge in [0.25, 0.3) is 5.91 Å². The van der Waals surface area contributed by atoms with E-state index in [9.17, 15) is 4.79 Å². The number of nitrogens with zero attached hydrogens (tertiary/aromatic N) is 4. The molecule has 1 atom stereocenters. The largest absolute Gasteiger partial charge is 0.290 e. The molecule has 0 saturated carbocycles. The lowest BCUT2D eigenvalue weighted by Crippen LogP contribution is -2.28.